The molecule has 0 radical (unpaired) electrons. The molecule has 0 spiro atoms. The van der Waals surface area contributed by atoms with Crippen molar-refractivity contribution in [3.05, 3.63) is 35.9 Å². The van der Waals surface area contributed by atoms with Gasteiger partial charge in [-0.1, -0.05) is 43.7 Å². The van der Waals surface area contributed by atoms with Crippen LogP contribution >= 0.6 is 0 Å². The van der Waals surface area contributed by atoms with Crippen LogP contribution in [0.25, 0.3) is 0 Å². The lowest BCUT2D eigenvalue weighted by Crippen LogP contribution is -2.59. The zero-order chi connectivity index (χ0) is 18.6. The Hall–Kier alpha value is -1.43. The van der Waals surface area contributed by atoms with Crippen LogP contribution in [0.3, 0.4) is 0 Å². The fraction of sp³-hybridized carbons (Fsp3) is 0.667. The summed E-state index contributed by atoms with van der Waals surface area (Å²) >= 11 is 0. The third kappa shape index (κ3) is 4.11. The number of aliphatic hydroxyl groups is 1. The summed E-state index contributed by atoms with van der Waals surface area (Å²) in [6.45, 7) is 6.38. The SMILES string of the molecule is CCC[C@@]1(C(=O)O)CN(C2CCN(Cc3ccccc3)CC2)CC[C@@H]1O. The summed E-state index contributed by atoms with van der Waals surface area (Å²) in [7, 11) is 0. The molecule has 5 heteroatoms. The predicted molar refractivity (Wildman–Crippen MR) is 102 cm³/mol. The molecule has 0 aliphatic carbocycles. The fourth-order valence-corrected chi connectivity index (χ4v) is 4.72. The number of aliphatic carboxylic acids is 1. The summed E-state index contributed by atoms with van der Waals surface area (Å²) in [4.78, 5) is 16.8. The van der Waals surface area contributed by atoms with E-state index in [2.05, 4.69) is 34.1 Å². The quantitative estimate of drug-likeness (QED) is 0.816. The third-order valence-electron chi connectivity index (χ3n) is 6.26. The van der Waals surface area contributed by atoms with E-state index < -0.39 is 17.5 Å². The summed E-state index contributed by atoms with van der Waals surface area (Å²) in [5.74, 6) is -0.835. The maximum absolute atomic E-state index is 12.0. The Morgan fingerprint density at radius 2 is 1.85 bits per heavy atom. The van der Waals surface area contributed by atoms with Gasteiger partial charge in [-0.05, 0) is 44.3 Å². The van der Waals surface area contributed by atoms with Crippen LogP contribution in [0.5, 0.6) is 0 Å². The van der Waals surface area contributed by atoms with E-state index in [1.807, 2.05) is 13.0 Å². The smallest absolute Gasteiger partial charge is 0.313 e. The molecule has 5 nitrogen and oxygen atoms in total. The predicted octanol–water partition coefficient (Wildman–Crippen LogP) is 2.59. The van der Waals surface area contributed by atoms with Crippen molar-refractivity contribution in [1.29, 1.82) is 0 Å². The van der Waals surface area contributed by atoms with Crippen LogP contribution in [0.2, 0.25) is 0 Å². The summed E-state index contributed by atoms with van der Waals surface area (Å²) in [6, 6.07) is 11.0. The van der Waals surface area contributed by atoms with Crippen LogP contribution in [0.15, 0.2) is 30.3 Å². The molecule has 144 valence electrons. The number of rotatable bonds is 6. The number of aliphatic hydroxyl groups excluding tert-OH is 1. The van der Waals surface area contributed by atoms with Gasteiger partial charge in [0, 0.05) is 25.7 Å². The fourth-order valence-electron chi connectivity index (χ4n) is 4.72. The second kappa shape index (κ2) is 8.51. The van der Waals surface area contributed by atoms with Gasteiger partial charge in [0.25, 0.3) is 0 Å². The van der Waals surface area contributed by atoms with E-state index in [-0.39, 0.29) is 0 Å². The lowest BCUT2D eigenvalue weighted by molar-refractivity contribution is -0.166. The number of carboxylic acid groups (broad SMARTS) is 1. The highest BCUT2D eigenvalue weighted by atomic mass is 16.4. The number of nitrogens with zero attached hydrogens (tertiary/aromatic N) is 2. The van der Waals surface area contributed by atoms with Gasteiger partial charge in [-0.2, -0.15) is 0 Å². The molecule has 26 heavy (non-hydrogen) atoms. The molecule has 2 heterocycles. The second-order valence-corrected chi connectivity index (χ2v) is 7.98. The first-order valence-electron chi connectivity index (χ1n) is 9.97. The Balaban J connectivity index is 1.58. The first-order chi connectivity index (χ1) is 12.5. The highest BCUT2D eigenvalue weighted by molar-refractivity contribution is 5.76. The molecular weight excluding hydrogens is 328 g/mol. The zero-order valence-electron chi connectivity index (χ0n) is 15.8. The number of likely N-dealkylation sites (tertiary alicyclic amines) is 2. The average molecular weight is 360 g/mol. The van der Waals surface area contributed by atoms with E-state index in [0.717, 1.165) is 45.4 Å². The highest BCUT2D eigenvalue weighted by Crippen LogP contribution is 2.37. The topological polar surface area (TPSA) is 64.0 Å². The van der Waals surface area contributed by atoms with Crippen molar-refractivity contribution >= 4 is 5.97 Å². The molecule has 1 aromatic rings. The third-order valence-corrected chi connectivity index (χ3v) is 6.26. The lowest BCUT2D eigenvalue weighted by atomic mass is 9.73. The molecule has 0 bridgehead atoms. The van der Waals surface area contributed by atoms with Crippen LogP contribution in [0.4, 0.5) is 0 Å². The molecule has 2 N–H and O–H groups in total. The molecular formula is C21H32N2O3. The van der Waals surface area contributed by atoms with Crippen molar-refractivity contribution in [2.75, 3.05) is 26.2 Å². The van der Waals surface area contributed by atoms with Gasteiger partial charge in [0.05, 0.1) is 6.10 Å². The Kier molecular flexibility index (Phi) is 6.33. The van der Waals surface area contributed by atoms with Gasteiger partial charge in [-0.15, -0.1) is 0 Å². The van der Waals surface area contributed by atoms with E-state index in [4.69, 9.17) is 0 Å². The number of carboxylic acids is 1. The number of carbonyl (C=O) groups is 1. The summed E-state index contributed by atoms with van der Waals surface area (Å²) in [5, 5.41) is 20.2. The van der Waals surface area contributed by atoms with Crippen molar-refractivity contribution in [2.24, 2.45) is 5.41 Å². The summed E-state index contributed by atoms with van der Waals surface area (Å²) in [5.41, 5.74) is 0.355. The van der Waals surface area contributed by atoms with Crippen molar-refractivity contribution in [2.45, 2.75) is 57.7 Å². The minimum absolute atomic E-state index is 0.435. The van der Waals surface area contributed by atoms with E-state index in [0.29, 0.717) is 25.4 Å². The molecule has 0 aromatic heterocycles. The van der Waals surface area contributed by atoms with Gasteiger partial charge >= 0.3 is 5.97 Å². The second-order valence-electron chi connectivity index (χ2n) is 7.98. The first kappa shape index (κ1) is 19.3. The number of hydrogen-bond donors (Lipinski definition) is 2. The maximum atomic E-state index is 12.0. The standard InChI is InChI=1S/C21H32N2O3/c1-2-11-21(20(25)26)16-23(14-10-19(21)24)18-8-12-22(13-9-18)15-17-6-4-3-5-7-17/h3-7,18-19,24H,2,8-16H2,1H3,(H,25,26)/t19-,21+/m0/s1. The van der Waals surface area contributed by atoms with Crippen molar-refractivity contribution in [3.8, 4) is 0 Å². The highest BCUT2D eigenvalue weighted by Gasteiger charge is 2.49. The number of piperidine rings is 2. The number of benzene rings is 1. The van der Waals surface area contributed by atoms with E-state index in [9.17, 15) is 15.0 Å². The molecule has 2 saturated heterocycles. The largest absolute Gasteiger partial charge is 0.481 e. The lowest BCUT2D eigenvalue weighted by Gasteiger charge is -2.48. The van der Waals surface area contributed by atoms with Crippen LogP contribution in [-0.4, -0.2) is 64.3 Å². The molecule has 0 amide bonds. The van der Waals surface area contributed by atoms with Gasteiger partial charge in [0.15, 0.2) is 0 Å². The summed E-state index contributed by atoms with van der Waals surface area (Å²) < 4.78 is 0. The average Bonchev–Trinajstić information content (AvgIpc) is 2.65. The Morgan fingerprint density at radius 3 is 2.46 bits per heavy atom. The Morgan fingerprint density at radius 1 is 1.15 bits per heavy atom. The minimum atomic E-state index is -0.992. The van der Waals surface area contributed by atoms with E-state index >= 15 is 0 Å². The van der Waals surface area contributed by atoms with Crippen LogP contribution in [0.1, 0.15) is 44.6 Å². The van der Waals surface area contributed by atoms with Gasteiger partial charge in [-0.25, -0.2) is 0 Å². The van der Waals surface area contributed by atoms with Gasteiger partial charge in [0.2, 0.25) is 0 Å². The molecule has 2 aliphatic rings. The van der Waals surface area contributed by atoms with Crippen LogP contribution in [0, 0.1) is 5.41 Å². The van der Waals surface area contributed by atoms with E-state index in [1.54, 1.807) is 0 Å². The van der Waals surface area contributed by atoms with E-state index in [1.165, 1.54) is 5.56 Å². The summed E-state index contributed by atoms with van der Waals surface area (Å²) in [6.07, 6.45) is 3.32. The van der Waals surface area contributed by atoms with Gasteiger partial charge in [-0.3, -0.25) is 14.6 Å². The van der Waals surface area contributed by atoms with Crippen molar-refractivity contribution in [3.63, 3.8) is 0 Å². The minimum Gasteiger partial charge on any atom is -0.481 e. The molecule has 2 aliphatic heterocycles. The Labute approximate surface area is 156 Å². The molecule has 2 atom stereocenters. The number of hydrogen-bond acceptors (Lipinski definition) is 4. The zero-order valence-corrected chi connectivity index (χ0v) is 15.8. The molecule has 1 aromatic carbocycles. The van der Waals surface area contributed by atoms with Crippen LogP contribution in [-0.2, 0) is 11.3 Å². The molecule has 0 unspecified atom stereocenters. The van der Waals surface area contributed by atoms with Gasteiger partial charge in [0.1, 0.15) is 5.41 Å². The molecule has 2 fully saturated rings. The molecule has 3 rings (SSSR count). The van der Waals surface area contributed by atoms with Gasteiger partial charge < -0.3 is 10.2 Å². The molecule has 0 saturated carbocycles. The monoisotopic (exact) mass is 360 g/mol. The van der Waals surface area contributed by atoms with Crippen LogP contribution < -0.4 is 0 Å². The van der Waals surface area contributed by atoms with Crippen molar-refractivity contribution in [1.82, 2.24) is 9.80 Å². The normalized spacial score (nSPS) is 28.9. The van der Waals surface area contributed by atoms with Crippen molar-refractivity contribution < 1.29 is 15.0 Å². The maximum Gasteiger partial charge on any atom is 0.313 e. The first-order valence-corrected chi connectivity index (χ1v) is 9.97. The Bertz CT molecular complexity index is 586.